The van der Waals surface area contributed by atoms with Crippen LogP contribution in [0.15, 0.2) is 48.5 Å². The Hall–Kier alpha value is -2.87. The monoisotopic (exact) mass is 404 g/mol. The van der Waals surface area contributed by atoms with Crippen molar-refractivity contribution in [3.8, 4) is 5.75 Å². The maximum Gasteiger partial charge on any atom is 0.242 e. The van der Waals surface area contributed by atoms with Crippen molar-refractivity contribution in [3.63, 3.8) is 0 Å². The van der Waals surface area contributed by atoms with Crippen molar-refractivity contribution in [1.29, 1.82) is 0 Å². The standard InChI is InChI=1S/C20H24N2O5S/c1-4-27-18-11-9-17(10-12-18)22-20(24)15(3)28(25,26)13-19(23)21-16-7-5-14(2)6-8-16/h5-12,15H,4,13H2,1-3H3,(H,21,23)(H,22,24). The van der Waals surface area contributed by atoms with Crippen molar-refractivity contribution in [3.05, 3.63) is 54.1 Å². The van der Waals surface area contributed by atoms with Crippen molar-refractivity contribution in [1.82, 2.24) is 0 Å². The van der Waals surface area contributed by atoms with E-state index in [-0.39, 0.29) is 0 Å². The number of sulfone groups is 1. The number of benzene rings is 2. The zero-order valence-electron chi connectivity index (χ0n) is 16.1. The lowest BCUT2D eigenvalue weighted by Gasteiger charge is -2.14. The first-order valence-electron chi connectivity index (χ1n) is 8.83. The van der Waals surface area contributed by atoms with Gasteiger partial charge in [-0.1, -0.05) is 17.7 Å². The summed E-state index contributed by atoms with van der Waals surface area (Å²) in [6, 6.07) is 13.6. The van der Waals surface area contributed by atoms with Crippen LogP contribution in [0.5, 0.6) is 5.75 Å². The number of hydrogen-bond donors (Lipinski definition) is 2. The highest BCUT2D eigenvalue weighted by atomic mass is 32.2. The second-order valence-corrected chi connectivity index (χ2v) is 8.63. The molecule has 1 unspecified atom stereocenters. The summed E-state index contributed by atoms with van der Waals surface area (Å²) in [4.78, 5) is 24.4. The van der Waals surface area contributed by atoms with Crippen LogP contribution >= 0.6 is 0 Å². The van der Waals surface area contributed by atoms with E-state index in [1.807, 2.05) is 13.8 Å². The summed E-state index contributed by atoms with van der Waals surface area (Å²) in [5, 5.41) is 3.69. The molecule has 2 rings (SSSR count). The number of aryl methyl sites for hydroxylation is 1. The van der Waals surface area contributed by atoms with E-state index in [4.69, 9.17) is 4.74 Å². The average molecular weight is 404 g/mol. The Bertz CT molecular complexity index is 922. The lowest BCUT2D eigenvalue weighted by Crippen LogP contribution is -2.37. The summed E-state index contributed by atoms with van der Waals surface area (Å²) in [7, 11) is -3.97. The van der Waals surface area contributed by atoms with E-state index >= 15 is 0 Å². The van der Waals surface area contributed by atoms with Gasteiger partial charge in [0.15, 0.2) is 9.84 Å². The van der Waals surface area contributed by atoms with Gasteiger partial charge in [-0.25, -0.2) is 8.42 Å². The Kier molecular flexibility index (Phi) is 7.17. The fourth-order valence-electron chi connectivity index (χ4n) is 2.35. The molecule has 2 N–H and O–H groups in total. The molecule has 0 aromatic heterocycles. The Morgan fingerprint density at radius 1 is 0.964 bits per heavy atom. The molecular formula is C20H24N2O5S. The van der Waals surface area contributed by atoms with Crippen LogP contribution in [0, 0.1) is 6.92 Å². The third-order valence-electron chi connectivity index (χ3n) is 4.01. The van der Waals surface area contributed by atoms with Gasteiger partial charge in [0.2, 0.25) is 11.8 Å². The molecule has 28 heavy (non-hydrogen) atoms. The number of anilines is 2. The highest BCUT2D eigenvalue weighted by Crippen LogP contribution is 2.17. The first-order valence-corrected chi connectivity index (χ1v) is 10.5. The van der Waals surface area contributed by atoms with Crippen molar-refractivity contribution < 1.29 is 22.7 Å². The van der Waals surface area contributed by atoms with Gasteiger partial charge in [0, 0.05) is 11.4 Å². The van der Waals surface area contributed by atoms with Crippen molar-refractivity contribution in [2.24, 2.45) is 0 Å². The average Bonchev–Trinajstić information content (AvgIpc) is 2.64. The molecule has 2 aromatic carbocycles. The summed E-state index contributed by atoms with van der Waals surface area (Å²) in [5.74, 6) is -1.52. The van der Waals surface area contributed by atoms with Crippen molar-refractivity contribution >= 4 is 33.0 Å². The van der Waals surface area contributed by atoms with Crippen LogP contribution in [0.3, 0.4) is 0 Å². The molecule has 0 saturated heterocycles. The third-order valence-corrected chi connectivity index (χ3v) is 5.96. The van der Waals surface area contributed by atoms with Gasteiger partial charge in [-0.2, -0.15) is 0 Å². The van der Waals surface area contributed by atoms with Gasteiger partial charge in [-0.3, -0.25) is 9.59 Å². The number of hydrogen-bond acceptors (Lipinski definition) is 5. The zero-order chi connectivity index (χ0) is 20.7. The molecule has 7 nitrogen and oxygen atoms in total. The smallest absolute Gasteiger partial charge is 0.242 e. The number of amides is 2. The number of carbonyl (C=O) groups is 2. The van der Waals surface area contributed by atoms with Crippen LogP contribution in [0.25, 0.3) is 0 Å². The topological polar surface area (TPSA) is 102 Å². The lowest BCUT2D eigenvalue weighted by atomic mass is 10.2. The van der Waals surface area contributed by atoms with Gasteiger partial charge in [0.05, 0.1) is 6.61 Å². The second-order valence-electron chi connectivity index (χ2n) is 6.31. The minimum Gasteiger partial charge on any atom is -0.494 e. The Morgan fingerprint density at radius 2 is 1.50 bits per heavy atom. The van der Waals surface area contributed by atoms with E-state index in [2.05, 4.69) is 10.6 Å². The molecule has 0 aliphatic rings. The van der Waals surface area contributed by atoms with Gasteiger partial charge in [-0.15, -0.1) is 0 Å². The molecule has 0 aliphatic heterocycles. The Morgan fingerprint density at radius 3 is 2.07 bits per heavy atom. The molecule has 0 aliphatic carbocycles. The van der Waals surface area contributed by atoms with Gasteiger partial charge >= 0.3 is 0 Å². The number of carbonyl (C=O) groups excluding carboxylic acids is 2. The van der Waals surface area contributed by atoms with Crippen LogP contribution < -0.4 is 15.4 Å². The Balaban J connectivity index is 1.96. The van der Waals surface area contributed by atoms with Crippen LogP contribution in [-0.2, 0) is 19.4 Å². The van der Waals surface area contributed by atoms with E-state index in [9.17, 15) is 18.0 Å². The van der Waals surface area contributed by atoms with E-state index in [1.165, 1.54) is 6.92 Å². The van der Waals surface area contributed by atoms with E-state index in [0.29, 0.717) is 23.7 Å². The molecule has 150 valence electrons. The number of rotatable bonds is 8. The van der Waals surface area contributed by atoms with Gasteiger partial charge < -0.3 is 15.4 Å². The summed E-state index contributed by atoms with van der Waals surface area (Å²) in [6.45, 7) is 5.54. The molecule has 1 atom stereocenters. The first-order chi connectivity index (χ1) is 13.2. The number of nitrogens with one attached hydrogen (secondary N) is 2. The van der Waals surface area contributed by atoms with E-state index < -0.39 is 32.7 Å². The highest BCUT2D eigenvalue weighted by Gasteiger charge is 2.30. The quantitative estimate of drug-likeness (QED) is 0.704. The minimum atomic E-state index is -3.97. The largest absolute Gasteiger partial charge is 0.494 e. The van der Waals surface area contributed by atoms with Crippen LogP contribution in [0.2, 0.25) is 0 Å². The fraction of sp³-hybridized carbons (Fsp3) is 0.300. The van der Waals surface area contributed by atoms with Crippen LogP contribution in [0.1, 0.15) is 19.4 Å². The predicted octanol–water partition coefficient (Wildman–Crippen LogP) is 2.77. The third kappa shape index (κ3) is 6.09. The fourth-order valence-corrected chi connectivity index (χ4v) is 3.42. The van der Waals surface area contributed by atoms with Crippen LogP contribution in [-0.4, -0.2) is 37.8 Å². The van der Waals surface area contributed by atoms with Crippen molar-refractivity contribution in [2.75, 3.05) is 23.0 Å². The van der Waals surface area contributed by atoms with Gasteiger partial charge in [-0.05, 0) is 57.2 Å². The minimum absolute atomic E-state index is 0.444. The van der Waals surface area contributed by atoms with E-state index in [1.54, 1.807) is 48.5 Å². The molecule has 0 saturated carbocycles. The summed E-state index contributed by atoms with van der Waals surface area (Å²) >= 11 is 0. The molecule has 8 heteroatoms. The molecule has 0 heterocycles. The predicted molar refractivity (Wildman–Crippen MR) is 109 cm³/mol. The molecule has 2 aromatic rings. The summed E-state index contributed by atoms with van der Waals surface area (Å²) in [6.07, 6.45) is 0. The van der Waals surface area contributed by atoms with Crippen LogP contribution in [0.4, 0.5) is 11.4 Å². The maximum atomic E-state index is 12.4. The van der Waals surface area contributed by atoms with E-state index in [0.717, 1.165) is 5.56 Å². The number of ether oxygens (including phenoxy) is 1. The first kappa shape index (κ1) is 21.4. The molecule has 2 amide bonds. The molecular weight excluding hydrogens is 380 g/mol. The Labute approximate surface area is 165 Å². The van der Waals surface area contributed by atoms with Gasteiger partial charge in [0.25, 0.3) is 0 Å². The normalized spacial score (nSPS) is 12.1. The molecule has 0 bridgehead atoms. The molecule has 0 spiro atoms. The highest BCUT2D eigenvalue weighted by molar-refractivity contribution is 7.93. The lowest BCUT2D eigenvalue weighted by molar-refractivity contribution is -0.115. The second kappa shape index (κ2) is 9.36. The summed E-state index contributed by atoms with van der Waals surface area (Å²) < 4.78 is 30.1. The molecule has 0 radical (unpaired) electrons. The van der Waals surface area contributed by atoms with Gasteiger partial charge in [0.1, 0.15) is 16.8 Å². The maximum absolute atomic E-state index is 12.4. The SMILES string of the molecule is CCOc1ccc(NC(=O)C(C)S(=O)(=O)CC(=O)Nc2ccc(C)cc2)cc1. The molecule has 0 fully saturated rings. The zero-order valence-corrected chi connectivity index (χ0v) is 16.9. The van der Waals surface area contributed by atoms with Crippen molar-refractivity contribution in [2.45, 2.75) is 26.0 Å². The summed E-state index contributed by atoms with van der Waals surface area (Å²) in [5.41, 5.74) is 1.96.